The van der Waals surface area contributed by atoms with E-state index < -0.39 is 10.0 Å². The van der Waals surface area contributed by atoms with Gasteiger partial charge in [-0.25, -0.2) is 8.42 Å². The molecule has 1 aromatic carbocycles. The van der Waals surface area contributed by atoms with Crippen molar-refractivity contribution < 1.29 is 13.2 Å². The lowest BCUT2D eigenvalue weighted by Gasteiger charge is -2.19. The highest BCUT2D eigenvalue weighted by molar-refractivity contribution is 7.88. The van der Waals surface area contributed by atoms with Crippen LogP contribution in [0.4, 0.5) is 5.69 Å². The van der Waals surface area contributed by atoms with Crippen molar-refractivity contribution in [3.05, 3.63) is 29.3 Å². The maximum absolute atomic E-state index is 12.1. The molecule has 1 aromatic rings. The van der Waals surface area contributed by atoms with Gasteiger partial charge < -0.3 is 5.32 Å². The summed E-state index contributed by atoms with van der Waals surface area (Å²) >= 11 is 0. The molecule has 1 amide bonds. The molecule has 0 aliphatic heterocycles. The van der Waals surface area contributed by atoms with E-state index in [0.29, 0.717) is 12.2 Å². The Morgan fingerprint density at radius 2 is 1.86 bits per heavy atom. The number of sulfonamides is 1. The summed E-state index contributed by atoms with van der Waals surface area (Å²) in [4.78, 5) is 12.1. The maximum Gasteiger partial charge on any atom is 0.239 e. The fourth-order valence-electron chi connectivity index (χ4n) is 2.08. The molecule has 0 saturated carbocycles. The molecule has 0 aliphatic carbocycles. The summed E-state index contributed by atoms with van der Waals surface area (Å²) < 4.78 is 24.8. The van der Waals surface area contributed by atoms with Crippen LogP contribution in [0.2, 0.25) is 0 Å². The summed E-state index contributed by atoms with van der Waals surface area (Å²) in [6.07, 6.45) is 3.86. The second-order valence-electron chi connectivity index (χ2n) is 5.65. The minimum atomic E-state index is -3.38. The highest BCUT2D eigenvalue weighted by atomic mass is 32.2. The van der Waals surface area contributed by atoms with E-state index in [-0.39, 0.29) is 12.5 Å². The molecule has 0 unspecified atom stereocenters. The number of hydrogen-bond donors (Lipinski definition) is 1. The third kappa shape index (κ3) is 6.15. The monoisotopic (exact) mass is 326 g/mol. The van der Waals surface area contributed by atoms with Gasteiger partial charge in [0, 0.05) is 12.2 Å². The van der Waals surface area contributed by atoms with Crippen LogP contribution >= 0.6 is 0 Å². The Hall–Kier alpha value is -1.40. The standard InChI is InChI=1S/C16H26N2O3S/c1-5-6-7-10-18(22(4,20)21)12-16(19)17-15-9-8-13(2)14(3)11-15/h8-9,11H,5-7,10,12H2,1-4H3,(H,17,19). The molecule has 5 nitrogen and oxygen atoms in total. The van der Waals surface area contributed by atoms with Crippen molar-refractivity contribution in [3.8, 4) is 0 Å². The van der Waals surface area contributed by atoms with E-state index in [1.807, 2.05) is 32.0 Å². The molecular formula is C16H26N2O3S. The van der Waals surface area contributed by atoms with Gasteiger partial charge in [-0.15, -0.1) is 0 Å². The minimum Gasteiger partial charge on any atom is -0.325 e. The summed E-state index contributed by atoms with van der Waals surface area (Å²) in [6, 6.07) is 5.64. The first-order valence-corrected chi connectivity index (χ1v) is 9.41. The number of unbranched alkanes of at least 4 members (excludes halogenated alkanes) is 2. The van der Waals surface area contributed by atoms with Crippen molar-refractivity contribution in [1.29, 1.82) is 0 Å². The molecule has 0 radical (unpaired) electrons. The third-order valence-electron chi connectivity index (χ3n) is 3.59. The van der Waals surface area contributed by atoms with Crippen LogP contribution in [-0.4, -0.2) is 38.0 Å². The van der Waals surface area contributed by atoms with Gasteiger partial charge in [0.05, 0.1) is 12.8 Å². The van der Waals surface area contributed by atoms with Gasteiger partial charge in [-0.2, -0.15) is 4.31 Å². The van der Waals surface area contributed by atoms with Gasteiger partial charge in [0.15, 0.2) is 0 Å². The zero-order valence-electron chi connectivity index (χ0n) is 13.8. The maximum atomic E-state index is 12.1. The van der Waals surface area contributed by atoms with Crippen LogP contribution in [0.25, 0.3) is 0 Å². The van der Waals surface area contributed by atoms with Gasteiger partial charge in [-0.05, 0) is 43.5 Å². The normalized spacial score (nSPS) is 11.7. The number of nitrogens with zero attached hydrogens (tertiary/aromatic N) is 1. The van der Waals surface area contributed by atoms with Gasteiger partial charge in [-0.1, -0.05) is 25.8 Å². The van der Waals surface area contributed by atoms with E-state index >= 15 is 0 Å². The van der Waals surface area contributed by atoms with E-state index in [4.69, 9.17) is 0 Å². The van der Waals surface area contributed by atoms with Crippen LogP contribution < -0.4 is 5.32 Å². The van der Waals surface area contributed by atoms with Crippen LogP contribution in [0, 0.1) is 13.8 Å². The SMILES string of the molecule is CCCCCN(CC(=O)Nc1ccc(C)c(C)c1)S(C)(=O)=O. The highest BCUT2D eigenvalue weighted by Crippen LogP contribution is 2.14. The Balaban J connectivity index is 2.68. The zero-order valence-corrected chi connectivity index (χ0v) is 14.7. The van der Waals surface area contributed by atoms with Crippen molar-refractivity contribution in [2.45, 2.75) is 40.0 Å². The molecule has 0 bridgehead atoms. The number of hydrogen-bond acceptors (Lipinski definition) is 3. The zero-order chi connectivity index (χ0) is 16.8. The number of benzene rings is 1. The Kier molecular flexibility index (Phi) is 7.03. The van der Waals surface area contributed by atoms with Crippen molar-refractivity contribution in [3.63, 3.8) is 0 Å². The number of carbonyl (C=O) groups excluding carboxylic acids is 1. The number of rotatable bonds is 8. The lowest BCUT2D eigenvalue weighted by atomic mass is 10.1. The Labute approximate surface area is 133 Å². The lowest BCUT2D eigenvalue weighted by Crippen LogP contribution is -2.38. The molecule has 0 spiro atoms. The Morgan fingerprint density at radius 3 is 2.41 bits per heavy atom. The molecule has 124 valence electrons. The van der Waals surface area contributed by atoms with E-state index in [1.54, 1.807) is 0 Å². The average Bonchev–Trinajstić information content (AvgIpc) is 2.41. The first-order chi connectivity index (χ1) is 10.2. The molecule has 0 aliphatic rings. The topological polar surface area (TPSA) is 66.5 Å². The molecule has 6 heteroatoms. The molecular weight excluding hydrogens is 300 g/mol. The second-order valence-corrected chi connectivity index (χ2v) is 7.63. The Bertz CT molecular complexity index is 612. The quantitative estimate of drug-likeness (QED) is 0.747. The fraction of sp³-hybridized carbons (Fsp3) is 0.562. The minimum absolute atomic E-state index is 0.143. The predicted molar refractivity (Wildman–Crippen MR) is 90.5 cm³/mol. The number of carbonyl (C=O) groups is 1. The first-order valence-electron chi connectivity index (χ1n) is 7.56. The van der Waals surface area contributed by atoms with Gasteiger partial charge in [0.2, 0.25) is 15.9 Å². The molecule has 22 heavy (non-hydrogen) atoms. The molecule has 0 atom stereocenters. The summed E-state index contributed by atoms with van der Waals surface area (Å²) in [5, 5.41) is 2.76. The van der Waals surface area contributed by atoms with Gasteiger partial charge >= 0.3 is 0 Å². The van der Waals surface area contributed by atoms with E-state index in [0.717, 1.165) is 36.6 Å². The molecule has 0 heterocycles. The molecule has 1 N–H and O–H groups in total. The van der Waals surface area contributed by atoms with E-state index in [9.17, 15) is 13.2 Å². The second kappa shape index (κ2) is 8.29. The van der Waals surface area contributed by atoms with Crippen LogP contribution in [-0.2, 0) is 14.8 Å². The fourth-order valence-corrected chi connectivity index (χ4v) is 2.89. The summed E-state index contributed by atoms with van der Waals surface area (Å²) in [5.74, 6) is -0.315. The van der Waals surface area contributed by atoms with Crippen molar-refractivity contribution in [1.82, 2.24) is 4.31 Å². The van der Waals surface area contributed by atoms with Crippen molar-refractivity contribution in [2.75, 3.05) is 24.7 Å². The van der Waals surface area contributed by atoms with Crippen LogP contribution in [0.5, 0.6) is 0 Å². The molecule has 0 aromatic heterocycles. The van der Waals surface area contributed by atoms with Crippen molar-refractivity contribution >= 4 is 21.6 Å². The average molecular weight is 326 g/mol. The summed E-state index contributed by atoms with van der Waals surface area (Å²) in [5.41, 5.74) is 2.92. The summed E-state index contributed by atoms with van der Waals surface area (Å²) in [6.45, 7) is 6.26. The number of amides is 1. The Morgan fingerprint density at radius 1 is 1.18 bits per heavy atom. The highest BCUT2D eigenvalue weighted by Gasteiger charge is 2.19. The molecule has 1 rings (SSSR count). The number of aryl methyl sites for hydroxylation is 2. The van der Waals surface area contributed by atoms with Crippen LogP contribution in [0.1, 0.15) is 37.3 Å². The first kappa shape index (κ1) is 18.6. The molecule has 0 saturated heterocycles. The third-order valence-corrected chi connectivity index (χ3v) is 4.84. The lowest BCUT2D eigenvalue weighted by molar-refractivity contribution is -0.116. The van der Waals surface area contributed by atoms with Gasteiger partial charge in [0.1, 0.15) is 0 Å². The van der Waals surface area contributed by atoms with Crippen LogP contribution in [0.15, 0.2) is 18.2 Å². The summed E-state index contributed by atoms with van der Waals surface area (Å²) in [7, 11) is -3.38. The van der Waals surface area contributed by atoms with E-state index in [1.165, 1.54) is 4.31 Å². The van der Waals surface area contributed by atoms with Gasteiger partial charge in [0.25, 0.3) is 0 Å². The predicted octanol–water partition coefficient (Wildman–Crippen LogP) is 2.69. The van der Waals surface area contributed by atoms with Gasteiger partial charge in [-0.3, -0.25) is 4.79 Å². The van der Waals surface area contributed by atoms with Crippen LogP contribution in [0.3, 0.4) is 0 Å². The van der Waals surface area contributed by atoms with Crippen molar-refractivity contribution in [2.24, 2.45) is 0 Å². The number of anilines is 1. The largest absolute Gasteiger partial charge is 0.325 e. The van der Waals surface area contributed by atoms with E-state index in [2.05, 4.69) is 12.2 Å². The molecule has 0 fully saturated rings. The number of nitrogens with one attached hydrogen (secondary N) is 1. The smallest absolute Gasteiger partial charge is 0.239 e.